The summed E-state index contributed by atoms with van der Waals surface area (Å²) in [4.78, 5) is 27.4. The Balaban J connectivity index is 2.16. The molecule has 2 rings (SSSR count). The highest BCUT2D eigenvalue weighted by molar-refractivity contribution is 7.99. The van der Waals surface area contributed by atoms with E-state index in [1.165, 1.54) is 17.8 Å². The Labute approximate surface area is 197 Å². The Kier molecular flexibility index (Phi) is 10.6. The predicted molar refractivity (Wildman–Crippen MR) is 127 cm³/mol. The minimum absolute atomic E-state index is 0.0900. The van der Waals surface area contributed by atoms with Gasteiger partial charge in [-0.2, -0.15) is 0 Å². The van der Waals surface area contributed by atoms with Gasteiger partial charge < -0.3 is 10.2 Å². The second kappa shape index (κ2) is 12.9. The third-order valence-electron chi connectivity index (χ3n) is 4.77. The van der Waals surface area contributed by atoms with Gasteiger partial charge in [-0.05, 0) is 36.6 Å². The summed E-state index contributed by atoms with van der Waals surface area (Å²) in [6.45, 7) is 4.61. The first-order chi connectivity index (χ1) is 14.9. The molecular weight excluding hydrogens is 458 g/mol. The highest BCUT2D eigenvalue weighted by Gasteiger charge is 2.28. The lowest BCUT2D eigenvalue weighted by Crippen LogP contribution is -2.49. The van der Waals surface area contributed by atoms with Crippen molar-refractivity contribution in [3.8, 4) is 0 Å². The van der Waals surface area contributed by atoms with E-state index in [0.717, 1.165) is 12.0 Å². The molecule has 2 amide bonds. The maximum absolute atomic E-state index is 14.0. The van der Waals surface area contributed by atoms with Crippen LogP contribution < -0.4 is 5.32 Å². The van der Waals surface area contributed by atoms with Crippen LogP contribution in [0.5, 0.6) is 0 Å². The number of carbonyl (C=O) groups excluding carboxylic acids is 2. The molecule has 168 valence electrons. The van der Waals surface area contributed by atoms with Crippen molar-refractivity contribution >= 4 is 46.8 Å². The highest BCUT2D eigenvalue weighted by atomic mass is 35.5. The van der Waals surface area contributed by atoms with Crippen molar-refractivity contribution in [3.63, 3.8) is 0 Å². The Morgan fingerprint density at radius 3 is 2.45 bits per heavy atom. The first-order valence-corrected chi connectivity index (χ1v) is 12.1. The molecule has 1 N–H and O–H groups in total. The number of halogens is 3. The molecule has 0 radical (unpaired) electrons. The third kappa shape index (κ3) is 7.41. The quantitative estimate of drug-likeness (QED) is 0.444. The van der Waals surface area contributed by atoms with Gasteiger partial charge in [0, 0.05) is 34.5 Å². The summed E-state index contributed by atoms with van der Waals surface area (Å²) in [5.74, 6) is -0.448. The topological polar surface area (TPSA) is 49.4 Å². The first-order valence-electron chi connectivity index (χ1n) is 10.2. The van der Waals surface area contributed by atoms with Crippen molar-refractivity contribution < 1.29 is 14.0 Å². The van der Waals surface area contributed by atoms with Gasteiger partial charge in [-0.1, -0.05) is 61.3 Å². The molecule has 0 bridgehead atoms. The van der Waals surface area contributed by atoms with Gasteiger partial charge in [-0.15, -0.1) is 11.8 Å². The molecule has 4 nitrogen and oxygen atoms in total. The lowest BCUT2D eigenvalue weighted by Gasteiger charge is -2.31. The summed E-state index contributed by atoms with van der Waals surface area (Å²) in [6, 6.07) is 11.2. The minimum atomic E-state index is -0.618. The number of nitrogens with zero attached hydrogens (tertiary/aromatic N) is 1. The van der Waals surface area contributed by atoms with E-state index in [1.807, 2.05) is 32.0 Å². The minimum Gasteiger partial charge on any atom is -0.354 e. The fourth-order valence-corrected chi connectivity index (χ4v) is 4.53. The number of nitrogens with one attached hydrogen (secondary N) is 1. The number of rotatable bonds is 11. The molecule has 31 heavy (non-hydrogen) atoms. The van der Waals surface area contributed by atoms with E-state index in [2.05, 4.69) is 5.32 Å². The first kappa shape index (κ1) is 25.5. The number of hydrogen-bond acceptors (Lipinski definition) is 3. The molecule has 0 heterocycles. The van der Waals surface area contributed by atoms with Gasteiger partial charge in [0.05, 0.1) is 5.75 Å². The zero-order chi connectivity index (χ0) is 22.8. The summed E-state index contributed by atoms with van der Waals surface area (Å²) < 4.78 is 14.0. The van der Waals surface area contributed by atoms with Crippen molar-refractivity contribution in [2.45, 2.75) is 45.0 Å². The van der Waals surface area contributed by atoms with E-state index in [1.54, 1.807) is 23.1 Å². The molecule has 0 aliphatic heterocycles. The number of amides is 2. The molecular formula is C23H27Cl2FN2O2S. The molecule has 0 spiro atoms. The van der Waals surface area contributed by atoms with Crippen LogP contribution in [-0.2, 0) is 21.9 Å². The summed E-state index contributed by atoms with van der Waals surface area (Å²) in [5.41, 5.74) is 1.13. The normalized spacial score (nSPS) is 11.8. The van der Waals surface area contributed by atoms with Crippen LogP contribution in [0.4, 0.5) is 4.39 Å². The van der Waals surface area contributed by atoms with Crippen molar-refractivity contribution in [3.05, 3.63) is 69.5 Å². The van der Waals surface area contributed by atoms with Gasteiger partial charge in [0.15, 0.2) is 0 Å². The molecule has 1 atom stereocenters. The maximum atomic E-state index is 14.0. The van der Waals surface area contributed by atoms with Crippen LogP contribution >= 0.6 is 35.0 Å². The van der Waals surface area contributed by atoms with Crippen molar-refractivity contribution in [2.75, 3.05) is 12.3 Å². The van der Waals surface area contributed by atoms with Crippen molar-refractivity contribution in [1.82, 2.24) is 10.2 Å². The second-order valence-corrected chi connectivity index (χ2v) is 8.82. The van der Waals surface area contributed by atoms with Gasteiger partial charge in [-0.3, -0.25) is 9.59 Å². The molecule has 2 aromatic rings. The molecule has 0 saturated carbocycles. The average Bonchev–Trinajstić information content (AvgIpc) is 2.75. The fourth-order valence-electron chi connectivity index (χ4n) is 3.09. The molecule has 2 aromatic carbocycles. The predicted octanol–water partition coefficient (Wildman–Crippen LogP) is 5.70. The average molecular weight is 485 g/mol. The zero-order valence-electron chi connectivity index (χ0n) is 17.7. The van der Waals surface area contributed by atoms with Crippen molar-refractivity contribution in [1.29, 1.82) is 0 Å². The van der Waals surface area contributed by atoms with Crippen LogP contribution in [-0.4, -0.2) is 35.1 Å². The zero-order valence-corrected chi connectivity index (χ0v) is 20.0. The van der Waals surface area contributed by atoms with E-state index in [4.69, 9.17) is 23.2 Å². The van der Waals surface area contributed by atoms with Gasteiger partial charge in [0.2, 0.25) is 11.8 Å². The van der Waals surface area contributed by atoms with Crippen LogP contribution in [0.1, 0.15) is 37.8 Å². The van der Waals surface area contributed by atoms with Gasteiger partial charge in [-0.25, -0.2) is 4.39 Å². The maximum Gasteiger partial charge on any atom is 0.242 e. The summed E-state index contributed by atoms with van der Waals surface area (Å²) in [6.07, 6.45) is 1.27. The SMILES string of the molecule is CCCNC(=O)[C@H](CC)N(Cc1ccccc1Cl)C(=O)CSCc1c(F)cccc1Cl. The lowest BCUT2D eigenvalue weighted by molar-refractivity contribution is -0.139. The smallest absolute Gasteiger partial charge is 0.242 e. The van der Waals surface area contributed by atoms with Crippen LogP contribution in [0, 0.1) is 5.82 Å². The van der Waals surface area contributed by atoms with E-state index < -0.39 is 11.9 Å². The number of carbonyl (C=O) groups is 2. The van der Waals surface area contributed by atoms with E-state index in [9.17, 15) is 14.0 Å². The Morgan fingerprint density at radius 2 is 1.81 bits per heavy atom. The Hall–Kier alpha value is -1.76. The largest absolute Gasteiger partial charge is 0.354 e. The molecule has 0 aliphatic carbocycles. The van der Waals surface area contributed by atoms with Gasteiger partial charge >= 0.3 is 0 Å². The van der Waals surface area contributed by atoms with Gasteiger partial charge in [0.25, 0.3) is 0 Å². The van der Waals surface area contributed by atoms with E-state index >= 15 is 0 Å². The van der Waals surface area contributed by atoms with Crippen LogP contribution in [0.15, 0.2) is 42.5 Å². The van der Waals surface area contributed by atoms with Crippen LogP contribution in [0.25, 0.3) is 0 Å². The van der Waals surface area contributed by atoms with Gasteiger partial charge in [0.1, 0.15) is 11.9 Å². The monoisotopic (exact) mass is 484 g/mol. The Morgan fingerprint density at radius 1 is 1.10 bits per heavy atom. The summed E-state index contributed by atoms with van der Waals surface area (Å²) in [5, 5.41) is 3.74. The molecule has 0 aliphatic rings. The molecule has 0 saturated heterocycles. The van der Waals surface area contributed by atoms with Crippen LogP contribution in [0.2, 0.25) is 10.0 Å². The molecule has 8 heteroatoms. The van der Waals surface area contributed by atoms with Crippen molar-refractivity contribution in [2.24, 2.45) is 0 Å². The summed E-state index contributed by atoms with van der Waals surface area (Å²) in [7, 11) is 0. The fraction of sp³-hybridized carbons (Fsp3) is 0.391. The second-order valence-electron chi connectivity index (χ2n) is 7.02. The highest BCUT2D eigenvalue weighted by Crippen LogP contribution is 2.25. The number of benzene rings is 2. The Bertz CT molecular complexity index is 877. The lowest BCUT2D eigenvalue weighted by atomic mass is 10.1. The summed E-state index contributed by atoms with van der Waals surface area (Å²) >= 11 is 13.6. The van der Waals surface area contributed by atoms with E-state index in [0.29, 0.717) is 28.6 Å². The number of thioether (sulfide) groups is 1. The molecule has 0 unspecified atom stereocenters. The van der Waals surface area contributed by atoms with E-state index in [-0.39, 0.29) is 29.9 Å². The molecule has 0 fully saturated rings. The third-order valence-corrected chi connectivity index (χ3v) is 6.43. The molecule has 0 aromatic heterocycles. The standard InChI is InChI=1S/C23H27Cl2FN2O2S/c1-3-12-27-23(30)21(4-2)28(13-16-8-5-6-9-18(16)24)22(29)15-31-14-17-19(25)10-7-11-20(17)26/h5-11,21H,3-4,12-15H2,1-2H3,(H,27,30)/t21-/m0/s1. The number of hydrogen-bond donors (Lipinski definition) is 1. The van der Waals surface area contributed by atoms with Crippen LogP contribution in [0.3, 0.4) is 0 Å².